The third kappa shape index (κ3) is 18.9. The summed E-state index contributed by atoms with van der Waals surface area (Å²) in [5.41, 5.74) is 36.0. The molecule has 592 valence electrons. The molecule has 15 rings (SSSR count). The largest absolute Gasteiger partial charge is 3.00 e. The van der Waals surface area contributed by atoms with E-state index in [0.717, 1.165) is 218 Å². The van der Waals surface area contributed by atoms with E-state index in [-0.39, 0.29) is 111 Å². The van der Waals surface area contributed by atoms with Crippen LogP contribution in [0.1, 0.15) is 218 Å². The molecule has 0 spiro atoms. The Morgan fingerprint density at radius 3 is 0.733 bits per heavy atom. The topological polar surface area (TPSA) is 413 Å². The van der Waals surface area contributed by atoms with Gasteiger partial charge in [-0.25, -0.2) is 29.9 Å². The number of carbonyl (C=O) groups excluding carboxylic acids is 6. The third-order valence-electron chi connectivity index (χ3n) is 21.7. The van der Waals surface area contributed by atoms with Crippen molar-refractivity contribution in [2.75, 3.05) is 0 Å². The van der Waals surface area contributed by atoms with Crippen LogP contribution in [0, 0.1) is 41.5 Å². The molecule has 26 heteroatoms. The van der Waals surface area contributed by atoms with Gasteiger partial charge >= 0.3 is 34.1 Å². The predicted octanol–water partition coefficient (Wildman–Crippen LogP) is 10.9. The zero-order chi connectivity index (χ0) is 81.4. The number of nitrogens with zero attached hydrogens (tertiary/aromatic N) is 6. The number of aromatic amines is 6. The zero-order valence-electron chi connectivity index (χ0n) is 66.2. The first-order valence-corrected chi connectivity index (χ1v) is 37.8. The first-order chi connectivity index (χ1) is 54.3. The fourth-order valence-electron chi connectivity index (χ4n) is 15.3. The van der Waals surface area contributed by atoms with E-state index in [0.29, 0.717) is 17.1 Å². The van der Waals surface area contributed by atoms with Crippen molar-refractivity contribution >= 4 is 170 Å². The van der Waals surface area contributed by atoms with Gasteiger partial charge in [-0.05, 0) is 370 Å². The molecule has 0 aliphatic carbocycles. The summed E-state index contributed by atoms with van der Waals surface area (Å²) in [6.07, 6.45) is 6.99. The Bertz CT molecular complexity index is 5780. The standard InChI is InChI=1S/3C30H30N4O4.2Fe/c3*1-15-9-20-12-25-17(3)21(5-7-29(35)36)27(33-25)14-28-22(6-8-30(37)38)18(4)26(34-28)13-24-16(2)10-19(32-24)11-23(15)31-20;;/h3*9-14,32-33H,5-8H2,1-4H3,(H,35,36)(H,37,38);;/q;;;2*+3/p-6. The van der Waals surface area contributed by atoms with Crippen molar-refractivity contribution in [1.29, 1.82) is 0 Å². The molecule has 0 amide bonds. The number of aliphatic carboxylic acids is 6. The molecular weight excluding hydrogens is 1550 g/mol. The number of fused-ring (bicyclic) bond motifs is 24. The Hall–Kier alpha value is -12.3. The van der Waals surface area contributed by atoms with Crippen molar-refractivity contribution in [3.05, 3.63) is 209 Å². The van der Waals surface area contributed by atoms with Crippen LogP contribution in [0.15, 0.2) is 91.0 Å². The van der Waals surface area contributed by atoms with E-state index in [9.17, 15) is 59.4 Å². The molecule has 6 aliphatic heterocycles. The molecule has 24 bridgehead atoms. The van der Waals surface area contributed by atoms with Gasteiger partial charge in [-0.1, -0.05) is 0 Å². The van der Waals surface area contributed by atoms with Gasteiger partial charge in [-0.3, -0.25) is 0 Å². The Morgan fingerprint density at radius 1 is 0.259 bits per heavy atom. The maximum absolute atomic E-state index is 11.3. The summed E-state index contributed by atoms with van der Waals surface area (Å²) >= 11 is 0. The minimum absolute atomic E-state index is 0. The van der Waals surface area contributed by atoms with Gasteiger partial charge in [0.15, 0.2) is 0 Å². The molecular formula is C90H84Fe2N12O12. The summed E-state index contributed by atoms with van der Waals surface area (Å²) < 4.78 is 0. The molecule has 0 saturated carbocycles. The number of carbonyl (C=O) groups is 6. The van der Waals surface area contributed by atoms with E-state index < -0.39 is 35.8 Å². The minimum Gasteiger partial charge on any atom is -0.550 e. The van der Waals surface area contributed by atoms with Crippen molar-refractivity contribution in [2.45, 2.75) is 160 Å². The smallest absolute Gasteiger partial charge is 0.550 e. The van der Waals surface area contributed by atoms with Crippen LogP contribution in [0.3, 0.4) is 0 Å². The van der Waals surface area contributed by atoms with Gasteiger partial charge < -0.3 is 89.3 Å². The van der Waals surface area contributed by atoms with E-state index in [2.05, 4.69) is 48.1 Å². The number of aryl methyl sites for hydroxylation is 9. The zero-order valence-corrected chi connectivity index (χ0v) is 68.4. The van der Waals surface area contributed by atoms with Crippen LogP contribution in [0.4, 0.5) is 0 Å². The van der Waals surface area contributed by atoms with Crippen LogP contribution in [0.2, 0.25) is 0 Å². The molecule has 0 aromatic carbocycles. The number of carboxylic acids is 6. The molecule has 15 heterocycles. The van der Waals surface area contributed by atoms with Crippen molar-refractivity contribution in [1.82, 2.24) is 59.8 Å². The molecule has 0 atom stereocenters. The fraction of sp³-hybridized carbons (Fsp3) is 0.267. The molecule has 0 unspecified atom stereocenters. The molecule has 0 fully saturated rings. The van der Waals surface area contributed by atoms with E-state index in [4.69, 9.17) is 29.9 Å². The fourth-order valence-corrected chi connectivity index (χ4v) is 15.3. The number of rotatable bonds is 18. The molecule has 24 nitrogen and oxygen atoms in total. The van der Waals surface area contributed by atoms with Gasteiger partial charge in [-0.15, -0.1) is 0 Å². The van der Waals surface area contributed by atoms with Crippen molar-refractivity contribution in [3.8, 4) is 0 Å². The number of allylic oxidation sites excluding steroid dienone is 9. The van der Waals surface area contributed by atoms with Crippen LogP contribution in [0.25, 0.3) is 135 Å². The summed E-state index contributed by atoms with van der Waals surface area (Å²) in [6.45, 7) is 23.8. The van der Waals surface area contributed by atoms with Crippen molar-refractivity contribution in [3.63, 3.8) is 0 Å². The monoisotopic (exact) mass is 1640 g/mol. The molecule has 116 heavy (non-hydrogen) atoms. The van der Waals surface area contributed by atoms with Crippen LogP contribution in [-0.2, 0) is 82.2 Å². The van der Waals surface area contributed by atoms with Gasteiger partial charge in [0.1, 0.15) is 0 Å². The van der Waals surface area contributed by atoms with Gasteiger partial charge in [-0.2, -0.15) is 0 Å². The second kappa shape index (κ2) is 35.2. The normalized spacial score (nSPS) is 12.9. The summed E-state index contributed by atoms with van der Waals surface area (Å²) in [4.78, 5) is 118. The second-order valence-electron chi connectivity index (χ2n) is 29.8. The summed E-state index contributed by atoms with van der Waals surface area (Å²) in [5.74, 6) is -6.74. The Morgan fingerprint density at radius 2 is 0.491 bits per heavy atom. The van der Waals surface area contributed by atoms with Crippen LogP contribution >= 0.6 is 0 Å². The molecule has 9 aromatic heterocycles. The maximum atomic E-state index is 11.3. The van der Waals surface area contributed by atoms with Gasteiger partial charge in [0.05, 0.1) is 68.3 Å². The van der Waals surface area contributed by atoms with Crippen LogP contribution < -0.4 is 30.6 Å². The second-order valence-corrected chi connectivity index (χ2v) is 29.8. The molecule has 6 aliphatic rings. The van der Waals surface area contributed by atoms with Crippen molar-refractivity contribution < 1.29 is 93.5 Å². The van der Waals surface area contributed by atoms with Crippen LogP contribution in [0.5, 0.6) is 0 Å². The Kier molecular flexibility index (Phi) is 25.6. The SMILES string of the molecule is CC1=Cc2cc3[nH]c(cc4nc(cc5[nH]c(cc1n2)cc5C)C(C)=C4CCC(=O)[O-])c(CCC(=O)[O-])c3C.CC1=Cc2cc3[nH]c(cc4nc(cc5[nH]c(cc1n2)cc5C)C(C)=C4CCC(=O)[O-])c(CCC(=O)[O-])c3C.CC1=Cc2cc3[nH]c(cc4nc(cc5[nH]c(cc1n2)cc5C)C(C)=C4CCC(=O)[O-])c(CCC(=O)[O-])c3C.[Fe+3].[Fe+3]. The number of carboxylic acid groups (broad SMARTS) is 6. The number of aromatic nitrogens is 12. The van der Waals surface area contributed by atoms with Crippen LogP contribution in [-0.4, -0.2) is 95.6 Å². The van der Waals surface area contributed by atoms with E-state index >= 15 is 0 Å². The van der Waals surface area contributed by atoms with Crippen molar-refractivity contribution in [2.24, 2.45) is 0 Å². The van der Waals surface area contributed by atoms with Gasteiger partial charge in [0.2, 0.25) is 0 Å². The van der Waals surface area contributed by atoms with E-state index in [1.165, 1.54) is 0 Å². The first-order valence-electron chi connectivity index (χ1n) is 37.8. The maximum Gasteiger partial charge on any atom is 3.00 e. The Balaban J connectivity index is 0.000000170. The molecule has 9 aromatic rings. The summed E-state index contributed by atoms with van der Waals surface area (Å²) in [7, 11) is 0. The van der Waals surface area contributed by atoms with E-state index in [1.807, 2.05) is 174 Å². The summed E-state index contributed by atoms with van der Waals surface area (Å²) in [5, 5.41) is 67.8. The number of nitrogens with one attached hydrogen (secondary N) is 6. The molecule has 2 radical (unpaired) electrons. The third-order valence-corrected chi connectivity index (χ3v) is 21.7. The molecule has 0 saturated heterocycles. The molecule has 6 N–H and O–H groups in total. The average molecular weight is 1640 g/mol. The van der Waals surface area contributed by atoms with Gasteiger partial charge in [0, 0.05) is 102 Å². The minimum atomic E-state index is -1.13. The quantitative estimate of drug-likeness (QED) is 0.0435. The predicted molar refractivity (Wildman–Crippen MR) is 432 cm³/mol. The number of hydrogen-bond donors (Lipinski definition) is 6. The Labute approximate surface area is 689 Å². The summed E-state index contributed by atoms with van der Waals surface area (Å²) in [6, 6.07) is 29.6. The number of hydrogen-bond acceptors (Lipinski definition) is 18. The van der Waals surface area contributed by atoms with Gasteiger partial charge in [0.25, 0.3) is 0 Å². The number of H-pyrrole nitrogens is 6. The average Bonchev–Trinajstić information content (AvgIpc) is 1.64. The first kappa shape index (κ1) is 84.6. The van der Waals surface area contributed by atoms with E-state index in [1.54, 1.807) is 0 Å².